The first kappa shape index (κ1) is 9.33. The number of unbranched alkanes of at least 4 members (excludes halogenated alkanes) is 1. The monoisotopic (exact) mass is 178 g/mol. The van der Waals surface area contributed by atoms with Gasteiger partial charge in [-0.3, -0.25) is 4.79 Å². The van der Waals surface area contributed by atoms with Crippen molar-refractivity contribution in [1.82, 2.24) is 10.5 Å². The molecule has 1 heterocycles. The molecule has 1 aromatic heterocycles. The molecule has 0 aliphatic heterocycles. The van der Waals surface area contributed by atoms with Crippen molar-refractivity contribution in [3.63, 3.8) is 0 Å². The molecule has 0 saturated heterocycles. The first-order chi connectivity index (χ1) is 6.34. The summed E-state index contributed by atoms with van der Waals surface area (Å²) < 4.78 is 4.52. The van der Waals surface area contributed by atoms with Crippen LogP contribution in [-0.4, -0.2) is 17.6 Å². The van der Waals surface area contributed by atoms with Gasteiger partial charge in [-0.25, -0.2) is 0 Å². The maximum absolute atomic E-state index is 11.2. The molecule has 1 amide bonds. The number of hydrogen-bond acceptors (Lipinski definition) is 3. The highest BCUT2D eigenvalue weighted by Crippen LogP contribution is 1.93. The molecule has 0 unspecified atom stereocenters. The molecule has 0 saturated carbocycles. The Morgan fingerprint density at radius 2 is 2.62 bits per heavy atom. The second-order valence-electron chi connectivity index (χ2n) is 2.45. The molecule has 0 radical (unpaired) electrons. The third-order valence-electron chi connectivity index (χ3n) is 1.45. The minimum Gasteiger partial charge on any atom is -0.364 e. The van der Waals surface area contributed by atoms with Crippen molar-refractivity contribution < 1.29 is 9.32 Å². The number of terminal acetylenes is 1. The van der Waals surface area contributed by atoms with Gasteiger partial charge >= 0.3 is 0 Å². The molecule has 1 rings (SSSR count). The zero-order valence-corrected chi connectivity index (χ0v) is 7.12. The van der Waals surface area contributed by atoms with E-state index >= 15 is 0 Å². The molecule has 0 spiro atoms. The van der Waals surface area contributed by atoms with Crippen molar-refractivity contribution >= 4 is 5.91 Å². The Bertz CT molecular complexity index is 298. The molecule has 1 N–H and O–H groups in total. The van der Waals surface area contributed by atoms with E-state index in [2.05, 4.69) is 20.9 Å². The summed E-state index contributed by atoms with van der Waals surface area (Å²) in [4.78, 5) is 11.2. The van der Waals surface area contributed by atoms with Crippen LogP contribution in [0.4, 0.5) is 0 Å². The molecule has 0 aliphatic carbocycles. The maximum Gasteiger partial charge on any atom is 0.273 e. The minimum atomic E-state index is -0.231. The van der Waals surface area contributed by atoms with Crippen molar-refractivity contribution in [2.45, 2.75) is 12.8 Å². The average molecular weight is 178 g/mol. The molecule has 1 aromatic rings. The third-order valence-corrected chi connectivity index (χ3v) is 1.45. The van der Waals surface area contributed by atoms with Gasteiger partial charge in [0.05, 0.1) is 0 Å². The Balaban J connectivity index is 2.24. The van der Waals surface area contributed by atoms with E-state index in [1.165, 1.54) is 12.3 Å². The lowest BCUT2D eigenvalue weighted by molar-refractivity contribution is 0.0944. The standard InChI is InChI=1S/C9H10N2O2/c1-2-3-4-6-10-9(12)8-5-7-13-11-8/h1,5,7H,3-4,6H2,(H,10,12). The fourth-order valence-electron chi connectivity index (χ4n) is 0.813. The highest BCUT2D eigenvalue weighted by molar-refractivity contribution is 5.91. The molecule has 0 fully saturated rings. The van der Waals surface area contributed by atoms with Gasteiger partial charge in [0.1, 0.15) is 6.26 Å². The Labute approximate surface area is 76.3 Å². The van der Waals surface area contributed by atoms with E-state index in [1.54, 1.807) is 0 Å². The van der Waals surface area contributed by atoms with Crippen LogP contribution in [0.3, 0.4) is 0 Å². The number of carbonyl (C=O) groups excluding carboxylic acids is 1. The Kier molecular flexibility index (Phi) is 3.58. The Morgan fingerprint density at radius 3 is 3.23 bits per heavy atom. The van der Waals surface area contributed by atoms with Crippen molar-refractivity contribution in [3.05, 3.63) is 18.0 Å². The molecule has 4 heteroatoms. The number of carbonyl (C=O) groups is 1. The SMILES string of the molecule is C#CCCCNC(=O)c1ccon1. The summed E-state index contributed by atoms with van der Waals surface area (Å²) in [6.45, 7) is 0.565. The van der Waals surface area contributed by atoms with Crippen molar-refractivity contribution in [1.29, 1.82) is 0 Å². The predicted octanol–water partition coefficient (Wildman–Crippen LogP) is 0.818. The maximum atomic E-state index is 11.2. The zero-order valence-electron chi connectivity index (χ0n) is 7.12. The van der Waals surface area contributed by atoms with Crippen molar-refractivity contribution in [2.24, 2.45) is 0 Å². The average Bonchev–Trinajstić information content (AvgIpc) is 2.65. The number of aromatic nitrogens is 1. The molecule has 0 aromatic carbocycles. The highest BCUT2D eigenvalue weighted by atomic mass is 16.5. The minimum absolute atomic E-state index is 0.231. The first-order valence-corrected chi connectivity index (χ1v) is 3.96. The van der Waals surface area contributed by atoms with Gasteiger partial charge in [-0.15, -0.1) is 12.3 Å². The van der Waals surface area contributed by atoms with Gasteiger partial charge in [0.25, 0.3) is 5.91 Å². The third kappa shape index (κ3) is 2.99. The lowest BCUT2D eigenvalue weighted by atomic mass is 10.3. The molecular weight excluding hydrogens is 168 g/mol. The number of rotatable bonds is 4. The molecule has 0 bridgehead atoms. The van der Waals surface area contributed by atoms with Gasteiger partial charge in [-0.2, -0.15) is 0 Å². The van der Waals surface area contributed by atoms with Crippen molar-refractivity contribution in [3.8, 4) is 12.3 Å². The normalized spacial score (nSPS) is 9.15. The van der Waals surface area contributed by atoms with Gasteiger partial charge in [0.2, 0.25) is 0 Å². The van der Waals surface area contributed by atoms with E-state index in [4.69, 9.17) is 6.42 Å². The predicted molar refractivity (Wildman–Crippen MR) is 46.9 cm³/mol. The second-order valence-corrected chi connectivity index (χ2v) is 2.45. The van der Waals surface area contributed by atoms with E-state index in [-0.39, 0.29) is 5.91 Å². The van der Waals surface area contributed by atoms with Crippen LogP contribution in [0.2, 0.25) is 0 Å². The van der Waals surface area contributed by atoms with Gasteiger partial charge < -0.3 is 9.84 Å². The van der Waals surface area contributed by atoms with Gasteiger partial charge in [-0.05, 0) is 6.42 Å². The van der Waals surface area contributed by atoms with Gasteiger partial charge in [0.15, 0.2) is 5.69 Å². The van der Waals surface area contributed by atoms with Crippen LogP contribution in [0.5, 0.6) is 0 Å². The Hall–Kier alpha value is -1.76. The largest absolute Gasteiger partial charge is 0.364 e. The number of nitrogens with zero attached hydrogens (tertiary/aromatic N) is 1. The van der Waals surface area contributed by atoms with Crippen LogP contribution in [0.15, 0.2) is 16.9 Å². The summed E-state index contributed by atoms with van der Waals surface area (Å²) in [6, 6.07) is 1.51. The lowest BCUT2D eigenvalue weighted by Crippen LogP contribution is -2.24. The van der Waals surface area contributed by atoms with Gasteiger partial charge in [-0.1, -0.05) is 5.16 Å². The summed E-state index contributed by atoms with van der Waals surface area (Å²) in [7, 11) is 0. The van der Waals surface area contributed by atoms with Crippen molar-refractivity contribution in [2.75, 3.05) is 6.54 Å². The second kappa shape index (κ2) is 4.99. The lowest BCUT2D eigenvalue weighted by Gasteiger charge is -1.99. The fourth-order valence-corrected chi connectivity index (χ4v) is 0.813. The van der Waals surface area contributed by atoms with Crippen LogP contribution in [0.25, 0.3) is 0 Å². The zero-order chi connectivity index (χ0) is 9.52. The molecule has 0 atom stereocenters. The summed E-state index contributed by atoms with van der Waals surface area (Å²) in [6.07, 6.45) is 7.85. The number of nitrogens with one attached hydrogen (secondary N) is 1. The molecule has 4 nitrogen and oxygen atoms in total. The molecule has 13 heavy (non-hydrogen) atoms. The van der Waals surface area contributed by atoms with Gasteiger partial charge in [0, 0.05) is 19.0 Å². The van der Waals surface area contributed by atoms with E-state index in [0.29, 0.717) is 18.7 Å². The molecule has 68 valence electrons. The molecular formula is C9H10N2O2. The van der Waals surface area contributed by atoms with Crippen LogP contribution < -0.4 is 5.32 Å². The van der Waals surface area contributed by atoms with E-state index < -0.39 is 0 Å². The summed E-state index contributed by atoms with van der Waals surface area (Å²) in [5.41, 5.74) is 0.292. The number of hydrogen-bond donors (Lipinski definition) is 1. The first-order valence-electron chi connectivity index (χ1n) is 3.96. The van der Waals surface area contributed by atoms with Crippen LogP contribution in [-0.2, 0) is 0 Å². The fraction of sp³-hybridized carbons (Fsp3) is 0.333. The highest BCUT2D eigenvalue weighted by Gasteiger charge is 2.06. The topological polar surface area (TPSA) is 55.1 Å². The number of amides is 1. The Morgan fingerprint density at radius 1 is 1.77 bits per heavy atom. The summed E-state index contributed by atoms with van der Waals surface area (Å²) >= 11 is 0. The quantitative estimate of drug-likeness (QED) is 0.548. The van der Waals surface area contributed by atoms with Crippen LogP contribution in [0, 0.1) is 12.3 Å². The molecule has 0 aliphatic rings. The van der Waals surface area contributed by atoms with Crippen LogP contribution >= 0.6 is 0 Å². The van der Waals surface area contributed by atoms with Crippen LogP contribution in [0.1, 0.15) is 23.3 Å². The summed E-state index contributed by atoms with van der Waals surface area (Å²) in [5, 5.41) is 6.15. The summed E-state index contributed by atoms with van der Waals surface area (Å²) in [5.74, 6) is 2.26. The van der Waals surface area contributed by atoms with E-state index in [1.807, 2.05) is 0 Å². The van der Waals surface area contributed by atoms with E-state index in [0.717, 1.165) is 6.42 Å². The smallest absolute Gasteiger partial charge is 0.273 e. The van der Waals surface area contributed by atoms with E-state index in [9.17, 15) is 4.79 Å².